The second-order valence-electron chi connectivity index (χ2n) is 5.53. The van der Waals surface area contributed by atoms with Gasteiger partial charge < -0.3 is 10.6 Å². The third-order valence-electron chi connectivity index (χ3n) is 3.63. The number of carbonyl (C=O) groups is 1. The Morgan fingerprint density at radius 2 is 2.33 bits per heavy atom. The van der Waals surface area contributed by atoms with Gasteiger partial charge in [0.05, 0.1) is 9.82 Å². The van der Waals surface area contributed by atoms with Crippen LogP contribution >= 0.6 is 23.1 Å². The van der Waals surface area contributed by atoms with E-state index in [1.807, 2.05) is 12.3 Å². The summed E-state index contributed by atoms with van der Waals surface area (Å²) in [7, 11) is 0. The summed E-state index contributed by atoms with van der Waals surface area (Å²) < 4.78 is 0.741. The first kappa shape index (κ1) is 16.9. The number of nitro benzene ring substituents is 1. The largest absolute Gasteiger partial charge is 0.352 e. The molecule has 0 spiro atoms. The zero-order chi connectivity index (χ0) is 17.1. The Balaban J connectivity index is 1.75. The molecule has 0 aliphatic carbocycles. The molecule has 1 saturated heterocycles. The summed E-state index contributed by atoms with van der Waals surface area (Å²) in [6.07, 6.45) is 0. The van der Waals surface area contributed by atoms with Gasteiger partial charge in [0.15, 0.2) is 4.34 Å². The van der Waals surface area contributed by atoms with Gasteiger partial charge in [0.2, 0.25) is 0 Å². The lowest BCUT2D eigenvalue weighted by Crippen LogP contribution is -2.48. The molecule has 1 fully saturated rings. The first-order valence-electron chi connectivity index (χ1n) is 7.40. The smallest absolute Gasteiger partial charge is 0.284 e. The number of aryl methyl sites for hydroxylation is 1. The lowest BCUT2D eigenvalue weighted by molar-refractivity contribution is -0.387. The maximum absolute atomic E-state index is 12.2. The molecule has 2 N–H and O–H groups in total. The molecule has 2 aromatic rings. The molecule has 1 aromatic heterocycles. The number of carbonyl (C=O) groups excluding carboxylic acids is 1. The van der Waals surface area contributed by atoms with Crippen LogP contribution in [0, 0.1) is 23.0 Å². The Bertz CT molecular complexity index is 774. The Morgan fingerprint density at radius 1 is 1.54 bits per heavy atom. The number of thiazole rings is 1. The molecule has 9 heteroatoms. The van der Waals surface area contributed by atoms with Gasteiger partial charge in [0.25, 0.3) is 11.6 Å². The predicted octanol–water partition coefficient (Wildman–Crippen LogP) is 2.46. The molecule has 0 saturated carbocycles. The third-order valence-corrected chi connectivity index (χ3v) is 5.75. The Morgan fingerprint density at radius 3 is 2.92 bits per heavy atom. The second-order valence-corrected chi connectivity index (χ2v) is 7.68. The average molecular weight is 364 g/mol. The van der Waals surface area contributed by atoms with E-state index in [4.69, 9.17) is 0 Å². The number of hydrogen-bond donors (Lipinski definition) is 2. The summed E-state index contributed by atoms with van der Waals surface area (Å²) in [5.41, 5.74) is 1.10. The van der Waals surface area contributed by atoms with Crippen molar-refractivity contribution < 1.29 is 9.72 Å². The SMILES string of the molecule is Cc1csc(Sc2ccc(C(=O)NCC3CNC3)cc2[N+](=O)[O-])n1. The van der Waals surface area contributed by atoms with Gasteiger partial charge in [0.1, 0.15) is 0 Å². The maximum Gasteiger partial charge on any atom is 0.284 e. The van der Waals surface area contributed by atoms with E-state index in [-0.39, 0.29) is 11.6 Å². The maximum atomic E-state index is 12.2. The summed E-state index contributed by atoms with van der Waals surface area (Å²) in [5.74, 6) is 0.151. The molecule has 0 unspecified atom stereocenters. The van der Waals surface area contributed by atoms with E-state index in [1.54, 1.807) is 12.1 Å². The molecule has 1 aliphatic heterocycles. The van der Waals surface area contributed by atoms with Crippen molar-refractivity contribution in [1.29, 1.82) is 0 Å². The van der Waals surface area contributed by atoms with Crippen LogP contribution in [0.1, 0.15) is 16.1 Å². The Hall–Kier alpha value is -1.97. The van der Waals surface area contributed by atoms with Crippen LogP contribution in [0.15, 0.2) is 32.8 Å². The van der Waals surface area contributed by atoms with Crippen LogP contribution in [0.5, 0.6) is 0 Å². The van der Waals surface area contributed by atoms with Gasteiger partial charge in [-0.15, -0.1) is 11.3 Å². The minimum atomic E-state index is -0.463. The van der Waals surface area contributed by atoms with Crippen LogP contribution in [0.4, 0.5) is 5.69 Å². The normalized spacial score (nSPS) is 14.2. The molecule has 3 rings (SSSR count). The first-order valence-corrected chi connectivity index (χ1v) is 9.10. The highest BCUT2D eigenvalue weighted by Gasteiger charge is 2.21. The van der Waals surface area contributed by atoms with Crippen LogP contribution in [0.3, 0.4) is 0 Å². The monoisotopic (exact) mass is 364 g/mol. The fraction of sp³-hybridized carbons (Fsp3) is 0.333. The van der Waals surface area contributed by atoms with E-state index in [0.717, 1.165) is 23.1 Å². The molecule has 1 aliphatic rings. The molecule has 1 amide bonds. The van der Waals surface area contributed by atoms with Crippen molar-refractivity contribution in [2.45, 2.75) is 16.2 Å². The molecule has 0 bridgehead atoms. The second kappa shape index (κ2) is 7.29. The fourth-order valence-corrected chi connectivity index (χ4v) is 4.07. The van der Waals surface area contributed by atoms with Gasteiger partial charge in [-0.2, -0.15) is 0 Å². The van der Waals surface area contributed by atoms with E-state index >= 15 is 0 Å². The number of rotatable bonds is 6. The number of aromatic nitrogens is 1. The van der Waals surface area contributed by atoms with Crippen LogP contribution in [-0.2, 0) is 0 Å². The Kier molecular flexibility index (Phi) is 5.12. The van der Waals surface area contributed by atoms with Crippen LogP contribution in [0.2, 0.25) is 0 Å². The van der Waals surface area contributed by atoms with E-state index in [2.05, 4.69) is 15.6 Å². The van der Waals surface area contributed by atoms with E-state index in [1.165, 1.54) is 29.2 Å². The molecule has 2 heterocycles. The number of benzene rings is 1. The standard InChI is InChI=1S/C15H16N4O3S2/c1-9-8-23-15(18-9)24-13-3-2-11(4-12(13)19(21)22)14(20)17-7-10-5-16-6-10/h2-4,8,10,16H,5-7H2,1H3,(H,17,20). The zero-order valence-corrected chi connectivity index (χ0v) is 14.6. The Labute approximate surface area is 147 Å². The van der Waals surface area contributed by atoms with Gasteiger partial charge in [-0.1, -0.05) is 11.8 Å². The predicted molar refractivity (Wildman–Crippen MR) is 92.8 cm³/mol. The molecule has 24 heavy (non-hydrogen) atoms. The quantitative estimate of drug-likeness (QED) is 0.604. The summed E-state index contributed by atoms with van der Waals surface area (Å²) in [4.78, 5) is 27.8. The number of nitrogens with one attached hydrogen (secondary N) is 2. The highest BCUT2D eigenvalue weighted by Crippen LogP contribution is 2.36. The summed E-state index contributed by atoms with van der Waals surface area (Å²) in [6.45, 7) is 4.24. The van der Waals surface area contributed by atoms with Crippen molar-refractivity contribution in [2.75, 3.05) is 19.6 Å². The van der Waals surface area contributed by atoms with Gasteiger partial charge in [0, 0.05) is 48.3 Å². The minimum absolute atomic E-state index is 0.0780. The number of hydrogen-bond acceptors (Lipinski definition) is 7. The van der Waals surface area contributed by atoms with E-state index in [9.17, 15) is 14.9 Å². The highest BCUT2D eigenvalue weighted by molar-refractivity contribution is 8.01. The van der Waals surface area contributed by atoms with Crippen molar-refractivity contribution in [2.24, 2.45) is 5.92 Å². The van der Waals surface area contributed by atoms with Crippen molar-refractivity contribution in [3.63, 3.8) is 0 Å². The summed E-state index contributed by atoms with van der Waals surface area (Å²) >= 11 is 2.68. The van der Waals surface area contributed by atoms with Gasteiger partial charge >= 0.3 is 0 Å². The van der Waals surface area contributed by atoms with Crippen LogP contribution in [0.25, 0.3) is 0 Å². The average Bonchev–Trinajstić information content (AvgIpc) is 2.90. The topological polar surface area (TPSA) is 97.2 Å². The van der Waals surface area contributed by atoms with E-state index < -0.39 is 4.92 Å². The van der Waals surface area contributed by atoms with Crippen molar-refractivity contribution in [3.05, 3.63) is 45.0 Å². The highest BCUT2D eigenvalue weighted by atomic mass is 32.2. The minimum Gasteiger partial charge on any atom is -0.352 e. The van der Waals surface area contributed by atoms with Crippen LogP contribution < -0.4 is 10.6 Å². The molecule has 1 aromatic carbocycles. The zero-order valence-electron chi connectivity index (χ0n) is 12.9. The van der Waals surface area contributed by atoms with Gasteiger partial charge in [-0.3, -0.25) is 14.9 Å². The van der Waals surface area contributed by atoms with Gasteiger partial charge in [-0.05, 0) is 19.1 Å². The molecule has 7 nitrogen and oxygen atoms in total. The van der Waals surface area contributed by atoms with Crippen molar-refractivity contribution in [1.82, 2.24) is 15.6 Å². The number of nitrogens with zero attached hydrogens (tertiary/aromatic N) is 2. The lowest BCUT2D eigenvalue weighted by Gasteiger charge is -2.27. The van der Waals surface area contributed by atoms with Crippen molar-refractivity contribution >= 4 is 34.7 Å². The lowest BCUT2D eigenvalue weighted by atomic mass is 10.0. The summed E-state index contributed by atoms with van der Waals surface area (Å²) in [6, 6.07) is 4.56. The van der Waals surface area contributed by atoms with Crippen LogP contribution in [-0.4, -0.2) is 35.4 Å². The fourth-order valence-electron chi connectivity index (χ4n) is 2.19. The molecule has 0 radical (unpaired) electrons. The van der Waals surface area contributed by atoms with Crippen molar-refractivity contribution in [3.8, 4) is 0 Å². The van der Waals surface area contributed by atoms with Gasteiger partial charge in [-0.25, -0.2) is 4.98 Å². The third kappa shape index (κ3) is 3.92. The summed E-state index contributed by atoms with van der Waals surface area (Å²) in [5, 5.41) is 19.2. The number of amides is 1. The molecule has 126 valence electrons. The number of nitro groups is 1. The molecule has 0 atom stereocenters. The molecular weight excluding hydrogens is 348 g/mol. The molecular formula is C15H16N4O3S2. The first-order chi connectivity index (χ1) is 11.5. The van der Waals surface area contributed by atoms with E-state index in [0.29, 0.717) is 22.9 Å².